The van der Waals surface area contributed by atoms with Gasteiger partial charge in [0.15, 0.2) is 0 Å². The van der Waals surface area contributed by atoms with Crippen LogP contribution >= 0.6 is 0 Å². The van der Waals surface area contributed by atoms with Gasteiger partial charge in [-0.15, -0.1) is 0 Å². The van der Waals surface area contributed by atoms with Gasteiger partial charge in [0.05, 0.1) is 12.8 Å². The van der Waals surface area contributed by atoms with Crippen LogP contribution in [0.15, 0.2) is 42.7 Å². The Morgan fingerprint density at radius 2 is 1.73 bits per heavy atom. The molecule has 2 rings (SSSR count). The van der Waals surface area contributed by atoms with E-state index in [1.165, 1.54) is 11.1 Å². The van der Waals surface area contributed by atoms with E-state index in [1.807, 2.05) is 18.3 Å². The summed E-state index contributed by atoms with van der Waals surface area (Å²) in [6, 6.07) is 10.4. The fourth-order valence-corrected chi connectivity index (χ4v) is 2.31. The molecule has 0 saturated heterocycles. The Kier molecular flexibility index (Phi) is 4.84. The minimum atomic E-state index is 0.0254. The van der Waals surface area contributed by atoms with E-state index in [1.54, 1.807) is 6.20 Å². The number of rotatable bonds is 5. The first-order chi connectivity index (χ1) is 10.3. The first-order valence-electron chi connectivity index (χ1n) is 7.79. The molecule has 0 aliphatic rings. The minimum Gasteiger partial charge on any atom is -0.494 e. The van der Waals surface area contributed by atoms with E-state index in [0.717, 1.165) is 12.2 Å². The monoisotopic (exact) mass is 298 g/mol. The number of benzene rings is 1. The Morgan fingerprint density at radius 1 is 0.955 bits per heavy atom. The SMILES string of the molecule is CC(C)(C)c1cccc(OCCC(C)(C)c2ccnnc2)c1. The van der Waals surface area contributed by atoms with Crippen LogP contribution in [0.1, 0.15) is 52.2 Å². The first-order valence-corrected chi connectivity index (χ1v) is 7.79. The number of hydrogen-bond donors (Lipinski definition) is 0. The van der Waals surface area contributed by atoms with Crippen molar-refractivity contribution in [1.29, 1.82) is 0 Å². The Morgan fingerprint density at radius 3 is 2.36 bits per heavy atom. The Labute approximate surface area is 133 Å². The number of aromatic nitrogens is 2. The second-order valence-corrected chi connectivity index (χ2v) is 7.39. The van der Waals surface area contributed by atoms with Crippen molar-refractivity contribution in [3.63, 3.8) is 0 Å². The standard InChI is InChI=1S/C19H26N2O/c1-18(2,3)15-7-6-8-17(13-15)22-12-10-19(4,5)16-9-11-20-21-14-16/h6-9,11,13-14H,10,12H2,1-5H3. The van der Waals surface area contributed by atoms with E-state index >= 15 is 0 Å². The van der Waals surface area contributed by atoms with Crippen molar-refractivity contribution in [2.75, 3.05) is 6.61 Å². The van der Waals surface area contributed by atoms with Gasteiger partial charge in [-0.05, 0) is 46.6 Å². The molecule has 0 saturated carbocycles. The van der Waals surface area contributed by atoms with Gasteiger partial charge in [-0.3, -0.25) is 0 Å². The lowest BCUT2D eigenvalue weighted by molar-refractivity contribution is 0.272. The lowest BCUT2D eigenvalue weighted by Crippen LogP contribution is -2.21. The van der Waals surface area contributed by atoms with E-state index in [2.05, 4.69) is 63.0 Å². The summed E-state index contributed by atoms with van der Waals surface area (Å²) < 4.78 is 5.96. The summed E-state index contributed by atoms with van der Waals surface area (Å²) in [7, 11) is 0. The third-order valence-electron chi connectivity index (χ3n) is 4.06. The highest BCUT2D eigenvalue weighted by molar-refractivity contribution is 5.32. The molecule has 0 aliphatic heterocycles. The van der Waals surface area contributed by atoms with Crippen molar-refractivity contribution in [2.24, 2.45) is 0 Å². The van der Waals surface area contributed by atoms with Gasteiger partial charge in [0.1, 0.15) is 5.75 Å². The van der Waals surface area contributed by atoms with Gasteiger partial charge < -0.3 is 4.74 Å². The maximum atomic E-state index is 5.96. The molecule has 0 unspecified atom stereocenters. The zero-order chi connectivity index (χ0) is 16.2. The van der Waals surface area contributed by atoms with Crippen molar-refractivity contribution >= 4 is 0 Å². The largest absolute Gasteiger partial charge is 0.494 e. The van der Waals surface area contributed by atoms with Crippen molar-refractivity contribution in [3.05, 3.63) is 53.9 Å². The third kappa shape index (κ3) is 4.30. The molecular formula is C19H26N2O. The van der Waals surface area contributed by atoms with Crippen molar-refractivity contribution in [1.82, 2.24) is 10.2 Å². The van der Waals surface area contributed by atoms with E-state index in [9.17, 15) is 0 Å². The van der Waals surface area contributed by atoms with Crippen LogP contribution in [0.25, 0.3) is 0 Å². The molecule has 0 N–H and O–H groups in total. The lowest BCUT2D eigenvalue weighted by Gasteiger charge is -2.25. The zero-order valence-corrected chi connectivity index (χ0v) is 14.3. The van der Waals surface area contributed by atoms with Crippen molar-refractivity contribution in [3.8, 4) is 5.75 Å². The molecule has 1 aromatic heterocycles. The van der Waals surface area contributed by atoms with Gasteiger partial charge in [-0.2, -0.15) is 10.2 Å². The lowest BCUT2D eigenvalue weighted by atomic mass is 9.83. The predicted molar refractivity (Wildman–Crippen MR) is 90.3 cm³/mol. The molecule has 1 heterocycles. The summed E-state index contributed by atoms with van der Waals surface area (Å²) >= 11 is 0. The molecule has 2 aromatic rings. The molecule has 0 atom stereocenters. The molecule has 3 nitrogen and oxygen atoms in total. The van der Waals surface area contributed by atoms with Crippen molar-refractivity contribution < 1.29 is 4.74 Å². The van der Waals surface area contributed by atoms with Crippen LogP contribution in [0.2, 0.25) is 0 Å². The molecule has 0 bridgehead atoms. The van der Waals surface area contributed by atoms with Gasteiger partial charge in [0.25, 0.3) is 0 Å². The number of nitrogens with zero attached hydrogens (tertiary/aromatic N) is 2. The Balaban J connectivity index is 1.97. The van der Waals surface area contributed by atoms with E-state index in [-0.39, 0.29) is 10.8 Å². The summed E-state index contributed by atoms with van der Waals surface area (Å²) in [5.74, 6) is 0.941. The smallest absolute Gasteiger partial charge is 0.119 e. The van der Waals surface area contributed by atoms with Crippen LogP contribution in [0.4, 0.5) is 0 Å². The summed E-state index contributed by atoms with van der Waals surface area (Å²) in [6.45, 7) is 11.7. The average Bonchev–Trinajstić information content (AvgIpc) is 2.47. The minimum absolute atomic E-state index is 0.0254. The van der Waals surface area contributed by atoms with Gasteiger partial charge in [0.2, 0.25) is 0 Å². The highest BCUT2D eigenvalue weighted by atomic mass is 16.5. The molecule has 0 radical (unpaired) electrons. The first kappa shape index (κ1) is 16.5. The summed E-state index contributed by atoms with van der Waals surface area (Å²) in [6.07, 6.45) is 4.50. The van der Waals surface area contributed by atoms with Crippen molar-refractivity contribution in [2.45, 2.75) is 51.9 Å². The van der Waals surface area contributed by atoms with Gasteiger partial charge in [0, 0.05) is 6.20 Å². The van der Waals surface area contributed by atoms with Gasteiger partial charge in [-0.1, -0.05) is 46.8 Å². The predicted octanol–water partition coefficient (Wildman–Crippen LogP) is 4.52. The normalized spacial score (nSPS) is 12.2. The van der Waals surface area contributed by atoms with Crippen LogP contribution in [-0.4, -0.2) is 16.8 Å². The molecule has 0 spiro atoms. The molecule has 3 heteroatoms. The van der Waals surface area contributed by atoms with Gasteiger partial charge in [-0.25, -0.2) is 0 Å². The molecule has 118 valence electrons. The molecule has 0 amide bonds. The number of ether oxygens (including phenoxy) is 1. The fourth-order valence-electron chi connectivity index (χ4n) is 2.31. The Bertz CT molecular complexity index is 600. The summed E-state index contributed by atoms with van der Waals surface area (Å²) in [4.78, 5) is 0. The highest BCUT2D eigenvalue weighted by Gasteiger charge is 2.21. The Hall–Kier alpha value is -1.90. The summed E-state index contributed by atoms with van der Waals surface area (Å²) in [5.41, 5.74) is 2.65. The quantitative estimate of drug-likeness (QED) is 0.814. The molecule has 0 fully saturated rings. The molecular weight excluding hydrogens is 272 g/mol. The van der Waals surface area contributed by atoms with Crippen LogP contribution < -0.4 is 4.74 Å². The fraction of sp³-hybridized carbons (Fsp3) is 0.474. The molecule has 22 heavy (non-hydrogen) atoms. The number of hydrogen-bond acceptors (Lipinski definition) is 3. The van der Waals surface area contributed by atoms with Gasteiger partial charge >= 0.3 is 0 Å². The topological polar surface area (TPSA) is 35.0 Å². The maximum absolute atomic E-state index is 5.96. The second kappa shape index (κ2) is 6.47. The zero-order valence-electron chi connectivity index (χ0n) is 14.3. The highest BCUT2D eigenvalue weighted by Crippen LogP contribution is 2.28. The molecule has 0 aliphatic carbocycles. The third-order valence-corrected chi connectivity index (χ3v) is 4.06. The van der Waals surface area contributed by atoms with E-state index in [4.69, 9.17) is 4.74 Å². The van der Waals surface area contributed by atoms with Crippen LogP contribution in [0.5, 0.6) is 5.75 Å². The molecule has 1 aromatic carbocycles. The van der Waals surface area contributed by atoms with Crippen LogP contribution in [0.3, 0.4) is 0 Å². The summed E-state index contributed by atoms with van der Waals surface area (Å²) in [5, 5.41) is 7.80. The van der Waals surface area contributed by atoms with E-state index in [0.29, 0.717) is 6.61 Å². The van der Waals surface area contributed by atoms with E-state index < -0.39 is 0 Å². The maximum Gasteiger partial charge on any atom is 0.119 e. The second-order valence-electron chi connectivity index (χ2n) is 7.39. The van der Waals surface area contributed by atoms with Crippen LogP contribution in [-0.2, 0) is 10.8 Å². The average molecular weight is 298 g/mol. The van der Waals surface area contributed by atoms with Crippen LogP contribution in [0, 0.1) is 0 Å².